The Hall–Kier alpha value is -3.21. The van der Waals surface area contributed by atoms with Crippen LogP contribution in [0.3, 0.4) is 0 Å². The lowest BCUT2D eigenvalue weighted by Gasteiger charge is -2.18. The van der Waals surface area contributed by atoms with Crippen LogP contribution in [0.15, 0.2) is 60.7 Å². The molecule has 0 aliphatic carbocycles. The van der Waals surface area contributed by atoms with Gasteiger partial charge in [0.1, 0.15) is 5.75 Å². The summed E-state index contributed by atoms with van der Waals surface area (Å²) in [5.41, 5.74) is 1.15. The Bertz CT molecular complexity index is 996. The number of nitrogens with one attached hydrogen (secondary N) is 1. The fourth-order valence-electron chi connectivity index (χ4n) is 3.53. The van der Waals surface area contributed by atoms with Crippen LogP contribution in [0.5, 0.6) is 17.2 Å². The summed E-state index contributed by atoms with van der Waals surface area (Å²) in [6, 6.07) is 19.9. The van der Waals surface area contributed by atoms with Gasteiger partial charge >= 0.3 is 0 Å². The van der Waals surface area contributed by atoms with Crippen LogP contribution in [0.1, 0.15) is 32.3 Å². The monoisotopic (exact) mass is 421 g/mol. The number of carbonyl (C=O) groups excluding carboxylic acids is 1. The maximum absolute atomic E-state index is 12.7. The second-order valence-electron chi connectivity index (χ2n) is 7.30. The summed E-state index contributed by atoms with van der Waals surface area (Å²) in [6.45, 7) is 5.09. The molecular formula is C26H31NO4. The van der Waals surface area contributed by atoms with Crippen molar-refractivity contribution in [3.8, 4) is 17.2 Å². The highest BCUT2D eigenvalue weighted by atomic mass is 16.5. The zero-order valence-corrected chi connectivity index (χ0v) is 18.5. The van der Waals surface area contributed by atoms with E-state index in [1.807, 2.05) is 74.5 Å². The highest BCUT2D eigenvalue weighted by Crippen LogP contribution is 2.29. The fourth-order valence-corrected chi connectivity index (χ4v) is 3.53. The molecule has 1 amide bonds. The van der Waals surface area contributed by atoms with Crippen LogP contribution in [0.25, 0.3) is 10.8 Å². The first-order valence-electron chi connectivity index (χ1n) is 10.9. The second-order valence-corrected chi connectivity index (χ2v) is 7.30. The molecule has 0 aliphatic heterocycles. The van der Waals surface area contributed by atoms with Crippen molar-refractivity contribution in [1.82, 2.24) is 5.32 Å². The Balaban J connectivity index is 1.52. The van der Waals surface area contributed by atoms with Crippen LogP contribution >= 0.6 is 0 Å². The molecule has 164 valence electrons. The maximum Gasteiger partial charge on any atom is 0.261 e. The molecule has 0 bridgehead atoms. The minimum absolute atomic E-state index is 0.0836. The molecule has 0 unspecified atom stereocenters. The third-order valence-electron chi connectivity index (χ3n) is 5.15. The molecule has 0 fully saturated rings. The van der Waals surface area contributed by atoms with Gasteiger partial charge in [0.25, 0.3) is 5.91 Å². The average molecular weight is 422 g/mol. The molecule has 0 saturated heterocycles. The third kappa shape index (κ3) is 5.91. The summed E-state index contributed by atoms with van der Waals surface area (Å²) in [5.74, 6) is 2.14. The second kappa shape index (κ2) is 11.3. The SMILES string of the molecule is CCOc1ccc(CCCNC(=O)[C@@H](CC)Oc2cccc3ccccc23)cc1OC. The molecule has 1 atom stereocenters. The largest absolute Gasteiger partial charge is 0.493 e. The van der Waals surface area contributed by atoms with Gasteiger partial charge in [0.15, 0.2) is 17.6 Å². The van der Waals surface area contributed by atoms with Gasteiger partial charge in [-0.25, -0.2) is 0 Å². The van der Waals surface area contributed by atoms with Crippen LogP contribution < -0.4 is 19.5 Å². The Morgan fingerprint density at radius 1 is 0.968 bits per heavy atom. The van der Waals surface area contributed by atoms with Gasteiger partial charge in [0, 0.05) is 11.9 Å². The van der Waals surface area contributed by atoms with E-state index in [0.717, 1.165) is 46.4 Å². The molecule has 0 spiro atoms. The quantitative estimate of drug-likeness (QED) is 0.435. The van der Waals surface area contributed by atoms with Crippen LogP contribution in [-0.2, 0) is 11.2 Å². The van der Waals surface area contributed by atoms with Gasteiger partial charge in [0.2, 0.25) is 0 Å². The molecule has 31 heavy (non-hydrogen) atoms. The minimum atomic E-state index is -0.517. The first-order chi connectivity index (χ1) is 15.2. The molecule has 0 aliphatic rings. The standard InChI is InChI=1S/C26H31NO4/c1-4-22(31-23-14-8-12-20-11-6-7-13-21(20)23)26(28)27-17-9-10-19-15-16-24(30-5-2)25(18-19)29-3/h6-8,11-16,18,22H,4-5,9-10,17H2,1-3H3,(H,27,28)/t22-/m1/s1. The number of amides is 1. The molecule has 0 saturated carbocycles. The van der Waals surface area contributed by atoms with Crippen LogP contribution in [0.4, 0.5) is 0 Å². The highest BCUT2D eigenvalue weighted by Gasteiger charge is 2.18. The van der Waals surface area contributed by atoms with E-state index < -0.39 is 6.10 Å². The van der Waals surface area contributed by atoms with E-state index >= 15 is 0 Å². The van der Waals surface area contributed by atoms with Crippen molar-refractivity contribution >= 4 is 16.7 Å². The highest BCUT2D eigenvalue weighted by molar-refractivity contribution is 5.89. The van der Waals surface area contributed by atoms with E-state index in [0.29, 0.717) is 19.6 Å². The molecule has 3 aromatic carbocycles. The first kappa shape index (κ1) is 22.5. The molecule has 0 aromatic heterocycles. The Morgan fingerprint density at radius 2 is 1.77 bits per heavy atom. The lowest BCUT2D eigenvalue weighted by molar-refractivity contribution is -0.128. The molecule has 5 nitrogen and oxygen atoms in total. The Kier molecular flexibility index (Phi) is 8.16. The molecule has 5 heteroatoms. The topological polar surface area (TPSA) is 56.8 Å². The number of methoxy groups -OCH3 is 1. The molecule has 3 rings (SSSR count). The van der Waals surface area contributed by atoms with E-state index in [2.05, 4.69) is 5.32 Å². The van der Waals surface area contributed by atoms with Gasteiger partial charge in [-0.3, -0.25) is 4.79 Å². The van der Waals surface area contributed by atoms with Gasteiger partial charge in [0.05, 0.1) is 13.7 Å². The molecule has 0 radical (unpaired) electrons. The summed E-state index contributed by atoms with van der Waals surface area (Å²) >= 11 is 0. The van der Waals surface area contributed by atoms with Crippen molar-refractivity contribution in [2.24, 2.45) is 0 Å². The van der Waals surface area contributed by atoms with E-state index in [4.69, 9.17) is 14.2 Å². The van der Waals surface area contributed by atoms with E-state index in [-0.39, 0.29) is 5.91 Å². The summed E-state index contributed by atoms with van der Waals surface area (Å²) < 4.78 is 17.0. The Morgan fingerprint density at radius 3 is 2.55 bits per heavy atom. The van der Waals surface area contributed by atoms with E-state index in [9.17, 15) is 4.79 Å². The summed E-state index contributed by atoms with van der Waals surface area (Å²) in [7, 11) is 1.64. The smallest absolute Gasteiger partial charge is 0.261 e. The summed E-state index contributed by atoms with van der Waals surface area (Å²) in [6.07, 6.45) is 1.75. The first-order valence-corrected chi connectivity index (χ1v) is 10.9. The van der Waals surface area contributed by atoms with Gasteiger partial charge in [-0.2, -0.15) is 0 Å². The van der Waals surface area contributed by atoms with Crippen molar-refractivity contribution in [3.05, 3.63) is 66.2 Å². The zero-order chi connectivity index (χ0) is 22.1. The molecular weight excluding hydrogens is 390 g/mol. The molecule has 1 N–H and O–H groups in total. The van der Waals surface area contributed by atoms with Gasteiger partial charge in [-0.05, 0) is 55.3 Å². The van der Waals surface area contributed by atoms with Gasteiger partial charge in [-0.1, -0.05) is 49.4 Å². The molecule has 3 aromatic rings. The summed E-state index contributed by atoms with van der Waals surface area (Å²) in [5, 5.41) is 5.13. The van der Waals surface area contributed by atoms with Crippen molar-refractivity contribution in [3.63, 3.8) is 0 Å². The molecule has 0 heterocycles. The number of aryl methyl sites for hydroxylation is 1. The third-order valence-corrected chi connectivity index (χ3v) is 5.15. The number of carbonyl (C=O) groups is 1. The van der Waals surface area contributed by atoms with Crippen molar-refractivity contribution in [2.75, 3.05) is 20.3 Å². The maximum atomic E-state index is 12.7. The number of rotatable bonds is 11. The van der Waals surface area contributed by atoms with Crippen LogP contribution in [-0.4, -0.2) is 32.3 Å². The lowest BCUT2D eigenvalue weighted by Crippen LogP contribution is -2.38. The number of fused-ring (bicyclic) bond motifs is 1. The predicted octanol–water partition coefficient (Wildman–Crippen LogP) is 5.15. The minimum Gasteiger partial charge on any atom is -0.493 e. The fraction of sp³-hybridized carbons (Fsp3) is 0.346. The predicted molar refractivity (Wildman–Crippen MR) is 124 cm³/mol. The van der Waals surface area contributed by atoms with Crippen molar-refractivity contribution in [1.29, 1.82) is 0 Å². The van der Waals surface area contributed by atoms with Gasteiger partial charge in [-0.15, -0.1) is 0 Å². The van der Waals surface area contributed by atoms with Crippen molar-refractivity contribution in [2.45, 2.75) is 39.2 Å². The van der Waals surface area contributed by atoms with Crippen LogP contribution in [0.2, 0.25) is 0 Å². The van der Waals surface area contributed by atoms with Crippen molar-refractivity contribution < 1.29 is 19.0 Å². The zero-order valence-electron chi connectivity index (χ0n) is 18.5. The number of hydrogen-bond donors (Lipinski definition) is 1. The summed E-state index contributed by atoms with van der Waals surface area (Å²) in [4.78, 5) is 12.7. The number of benzene rings is 3. The number of ether oxygens (including phenoxy) is 3. The van der Waals surface area contributed by atoms with E-state index in [1.165, 1.54) is 0 Å². The normalized spacial score (nSPS) is 11.7. The Labute approximate surface area is 184 Å². The lowest BCUT2D eigenvalue weighted by atomic mass is 10.1. The number of hydrogen-bond acceptors (Lipinski definition) is 4. The van der Waals surface area contributed by atoms with E-state index in [1.54, 1.807) is 7.11 Å². The van der Waals surface area contributed by atoms with Gasteiger partial charge < -0.3 is 19.5 Å². The average Bonchev–Trinajstić information content (AvgIpc) is 2.81. The van der Waals surface area contributed by atoms with Crippen LogP contribution in [0, 0.1) is 0 Å².